The van der Waals surface area contributed by atoms with Crippen LogP contribution in [0.3, 0.4) is 0 Å². The molecule has 4 heteroatoms. The lowest BCUT2D eigenvalue weighted by Crippen LogP contribution is -2.41. The Balaban J connectivity index is 2.18. The van der Waals surface area contributed by atoms with Crippen LogP contribution in [0.4, 0.5) is 0 Å². The van der Waals surface area contributed by atoms with Crippen molar-refractivity contribution in [3.05, 3.63) is 41.1 Å². The lowest BCUT2D eigenvalue weighted by atomic mass is 9.89. The number of H-pyrrole nitrogens is 1. The summed E-state index contributed by atoms with van der Waals surface area (Å²) in [6.45, 7) is 3.29. The zero-order valence-electron chi connectivity index (χ0n) is 11.7. The normalized spacial score (nSPS) is 24.1. The van der Waals surface area contributed by atoms with Gasteiger partial charge in [0.2, 0.25) is 0 Å². The third kappa shape index (κ3) is 2.16. The van der Waals surface area contributed by atoms with Crippen LogP contribution < -0.4 is 0 Å². The number of fused-ring (bicyclic) bond motifs is 1. The average Bonchev–Trinajstić information content (AvgIpc) is 2.88. The third-order valence-electron chi connectivity index (χ3n) is 4.09. The number of hydrogen-bond donors (Lipinski definition) is 2. The highest BCUT2D eigenvalue weighted by atomic mass is 35.5. The molecule has 1 aromatic heterocycles. The Morgan fingerprint density at radius 2 is 2.20 bits per heavy atom. The van der Waals surface area contributed by atoms with Crippen LogP contribution in [0.15, 0.2) is 30.5 Å². The van der Waals surface area contributed by atoms with E-state index < -0.39 is 0 Å². The summed E-state index contributed by atoms with van der Waals surface area (Å²) in [7, 11) is 2.06. The van der Waals surface area contributed by atoms with E-state index in [0.717, 1.165) is 28.0 Å². The van der Waals surface area contributed by atoms with Crippen LogP contribution in [-0.4, -0.2) is 41.2 Å². The van der Waals surface area contributed by atoms with Crippen molar-refractivity contribution in [2.45, 2.75) is 13.0 Å². The molecule has 0 amide bonds. The molecule has 0 saturated carbocycles. The van der Waals surface area contributed by atoms with E-state index in [-0.39, 0.29) is 12.6 Å². The third-order valence-corrected chi connectivity index (χ3v) is 4.41. The summed E-state index contributed by atoms with van der Waals surface area (Å²) < 4.78 is 0. The Kier molecular flexibility index (Phi) is 3.59. The molecule has 0 radical (unpaired) electrons. The summed E-state index contributed by atoms with van der Waals surface area (Å²) in [5.41, 5.74) is 3.36. The summed E-state index contributed by atoms with van der Waals surface area (Å²) in [6.07, 6.45) is 4.18. The molecule has 3 nitrogen and oxygen atoms in total. The van der Waals surface area contributed by atoms with Gasteiger partial charge in [0.1, 0.15) is 0 Å². The largest absolute Gasteiger partial charge is 0.394 e. The number of aromatic amines is 1. The molecule has 0 fully saturated rings. The number of hydrogen-bond acceptors (Lipinski definition) is 2. The minimum Gasteiger partial charge on any atom is -0.394 e. The maximum absolute atomic E-state index is 9.74. The number of rotatable bonds is 2. The van der Waals surface area contributed by atoms with Crippen molar-refractivity contribution in [2.75, 3.05) is 20.2 Å². The second kappa shape index (κ2) is 5.24. The highest BCUT2D eigenvalue weighted by Crippen LogP contribution is 2.34. The van der Waals surface area contributed by atoms with Gasteiger partial charge in [-0.2, -0.15) is 0 Å². The minimum absolute atomic E-state index is 0.0406. The number of aromatic nitrogens is 1. The van der Waals surface area contributed by atoms with Crippen molar-refractivity contribution in [3.63, 3.8) is 0 Å². The monoisotopic (exact) mass is 290 g/mol. The van der Waals surface area contributed by atoms with Crippen LogP contribution in [0, 0.1) is 5.92 Å². The summed E-state index contributed by atoms with van der Waals surface area (Å²) in [5.74, 6) is 0.471. The van der Waals surface area contributed by atoms with E-state index in [4.69, 9.17) is 11.6 Å². The highest BCUT2D eigenvalue weighted by Gasteiger charge is 2.27. The molecule has 2 aromatic rings. The van der Waals surface area contributed by atoms with E-state index in [2.05, 4.69) is 29.9 Å². The van der Waals surface area contributed by atoms with Gasteiger partial charge in [-0.3, -0.25) is 4.90 Å². The van der Waals surface area contributed by atoms with Crippen LogP contribution >= 0.6 is 11.6 Å². The molecular weight excluding hydrogens is 272 g/mol. The molecular formula is C16H19ClN2O. The molecule has 3 rings (SSSR count). The molecule has 0 aliphatic carbocycles. The first-order valence-electron chi connectivity index (χ1n) is 6.90. The first-order valence-corrected chi connectivity index (χ1v) is 7.28. The summed E-state index contributed by atoms with van der Waals surface area (Å²) in [5, 5.41) is 11.5. The van der Waals surface area contributed by atoms with E-state index in [1.807, 2.05) is 24.4 Å². The van der Waals surface area contributed by atoms with Gasteiger partial charge in [0, 0.05) is 28.7 Å². The molecule has 1 aliphatic heterocycles. The number of nitrogens with zero attached hydrogens (tertiary/aromatic N) is 1. The van der Waals surface area contributed by atoms with E-state index in [1.165, 1.54) is 5.57 Å². The zero-order valence-corrected chi connectivity index (χ0v) is 12.5. The van der Waals surface area contributed by atoms with Crippen molar-refractivity contribution in [1.82, 2.24) is 9.88 Å². The highest BCUT2D eigenvalue weighted by molar-refractivity contribution is 6.35. The first kappa shape index (κ1) is 13.7. The fourth-order valence-electron chi connectivity index (χ4n) is 3.16. The Morgan fingerprint density at radius 3 is 2.95 bits per heavy atom. The van der Waals surface area contributed by atoms with Crippen molar-refractivity contribution < 1.29 is 5.11 Å². The average molecular weight is 291 g/mol. The van der Waals surface area contributed by atoms with Gasteiger partial charge in [-0.05, 0) is 30.7 Å². The molecule has 20 heavy (non-hydrogen) atoms. The van der Waals surface area contributed by atoms with Gasteiger partial charge >= 0.3 is 0 Å². The lowest BCUT2D eigenvalue weighted by Gasteiger charge is -2.35. The number of benzene rings is 1. The van der Waals surface area contributed by atoms with Crippen LogP contribution in [0.1, 0.15) is 12.5 Å². The molecule has 0 spiro atoms. The number of likely N-dealkylation sites (N-methyl/N-ethyl adjacent to an activating group) is 1. The first-order chi connectivity index (χ1) is 9.61. The lowest BCUT2D eigenvalue weighted by molar-refractivity contribution is 0.167. The van der Waals surface area contributed by atoms with Crippen molar-refractivity contribution in [3.8, 4) is 0 Å². The molecule has 2 N–H and O–H groups in total. The smallest absolute Gasteiger partial charge is 0.0628 e. The van der Waals surface area contributed by atoms with Gasteiger partial charge in [0.05, 0.1) is 18.2 Å². The number of aliphatic hydroxyl groups excluding tert-OH is 1. The van der Waals surface area contributed by atoms with Gasteiger partial charge in [-0.1, -0.05) is 30.7 Å². The van der Waals surface area contributed by atoms with E-state index >= 15 is 0 Å². The minimum atomic E-state index is 0.0406. The predicted octanol–water partition coefficient (Wildman–Crippen LogP) is 3.15. The van der Waals surface area contributed by atoms with Gasteiger partial charge < -0.3 is 10.1 Å². The molecule has 1 aromatic carbocycles. The second-order valence-electron chi connectivity index (χ2n) is 5.60. The maximum Gasteiger partial charge on any atom is 0.0628 e. The van der Waals surface area contributed by atoms with E-state index in [9.17, 15) is 5.11 Å². The van der Waals surface area contributed by atoms with Crippen molar-refractivity contribution >= 4 is 28.1 Å². The van der Waals surface area contributed by atoms with E-state index in [0.29, 0.717) is 5.92 Å². The molecule has 2 atom stereocenters. The Morgan fingerprint density at radius 1 is 1.40 bits per heavy atom. The topological polar surface area (TPSA) is 39.3 Å². The molecule has 106 valence electrons. The molecule has 1 aliphatic rings. The van der Waals surface area contributed by atoms with Gasteiger partial charge in [-0.15, -0.1) is 0 Å². The molecule has 0 saturated heterocycles. The predicted molar refractivity (Wildman–Crippen MR) is 84.0 cm³/mol. The number of aliphatic hydroxyl groups is 1. The second-order valence-corrected chi connectivity index (χ2v) is 6.01. The Labute approximate surface area is 123 Å². The van der Waals surface area contributed by atoms with Crippen molar-refractivity contribution in [2.24, 2.45) is 5.92 Å². The fraction of sp³-hybridized carbons (Fsp3) is 0.375. The summed E-state index contributed by atoms with van der Waals surface area (Å²) >= 11 is 6.24. The van der Waals surface area contributed by atoms with Crippen LogP contribution in [0.2, 0.25) is 5.02 Å². The summed E-state index contributed by atoms with van der Waals surface area (Å²) in [4.78, 5) is 5.49. The van der Waals surface area contributed by atoms with Gasteiger partial charge in [0.25, 0.3) is 0 Å². The number of nitrogens with one attached hydrogen (secondary N) is 1. The van der Waals surface area contributed by atoms with E-state index in [1.54, 1.807) is 0 Å². The fourth-order valence-corrected chi connectivity index (χ4v) is 3.38. The Hall–Kier alpha value is -1.29. The van der Waals surface area contributed by atoms with Crippen LogP contribution in [0.5, 0.6) is 0 Å². The van der Waals surface area contributed by atoms with Gasteiger partial charge in [-0.25, -0.2) is 0 Å². The Bertz CT molecular complexity index is 662. The molecule has 2 heterocycles. The maximum atomic E-state index is 9.74. The van der Waals surface area contributed by atoms with Crippen LogP contribution in [0.25, 0.3) is 16.5 Å². The molecule has 0 unspecified atom stereocenters. The van der Waals surface area contributed by atoms with Crippen LogP contribution in [-0.2, 0) is 0 Å². The quantitative estimate of drug-likeness (QED) is 0.892. The van der Waals surface area contributed by atoms with Gasteiger partial charge in [0.15, 0.2) is 0 Å². The van der Waals surface area contributed by atoms with Crippen molar-refractivity contribution in [1.29, 1.82) is 0 Å². The SMILES string of the molecule is C[C@@H]1C=C(c2ccc(Cl)c3cc[nH]c23)[C@@H](CO)N(C)C1. The molecule has 0 bridgehead atoms. The zero-order chi connectivity index (χ0) is 14.3. The number of halogens is 1. The standard InChI is InChI=1S/C16H19ClN2O/c1-10-7-13(15(9-20)19(2)8-10)11-3-4-14(17)12-5-6-18-16(11)12/h3-7,10,15,18,20H,8-9H2,1-2H3/t10-,15-/m1/s1. The summed E-state index contributed by atoms with van der Waals surface area (Å²) in [6, 6.07) is 6.01.